The van der Waals surface area contributed by atoms with Gasteiger partial charge in [-0.05, 0) is 48.7 Å². The number of thiazole rings is 1. The number of sulfone groups is 1. The highest BCUT2D eigenvalue weighted by molar-refractivity contribution is 9.10. The van der Waals surface area contributed by atoms with Gasteiger partial charge >= 0.3 is 0 Å². The Kier molecular flexibility index (Phi) is 7.07. The highest BCUT2D eigenvalue weighted by Gasteiger charge is 2.32. The molecule has 2 aromatic carbocycles. The average Bonchev–Trinajstić information content (AvgIpc) is 3.27. The molecular formula is C23H25BrN2O4S2. The van der Waals surface area contributed by atoms with E-state index in [4.69, 9.17) is 14.5 Å². The van der Waals surface area contributed by atoms with Gasteiger partial charge in [0.2, 0.25) is 0 Å². The first-order valence-electron chi connectivity index (χ1n) is 10.3. The van der Waals surface area contributed by atoms with Crippen molar-refractivity contribution < 1.29 is 17.9 Å². The third kappa shape index (κ3) is 5.10. The van der Waals surface area contributed by atoms with Crippen LogP contribution in [0.5, 0.6) is 11.5 Å². The van der Waals surface area contributed by atoms with Crippen molar-refractivity contribution in [1.82, 2.24) is 4.98 Å². The lowest BCUT2D eigenvalue weighted by atomic mass is 10.1. The molecule has 6 nitrogen and oxygen atoms in total. The summed E-state index contributed by atoms with van der Waals surface area (Å²) >= 11 is 4.97. The summed E-state index contributed by atoms with van der Waals surface area (Å²) in [6, 6.07) is 12.8. The normalized spacial score (nSPS) is 15.0. The molecule has 0 radical (unpaired) electrons. The first-order valence-corrected chi connectivity index (χ1v) is 13.5. The van der Waals surface area contributed by atoms with Crippen molar-refractivity contribution in [2.24, 2.45) is 0 Å². The molecule has 0 atom stereocenters. The molecule has 0 aliphatic carbocycles. The smallest absolute Gasteiger partial charge is 0.185 e. The minimum absolute atomic E-state index is 0.364. The van der Waals surface area contributed by atoms with E-state index in [1.807, 2.05) is 24.3 Å². The molecule has 0 spiro atoms. The topological polar surface area (TPSA) is 68.7 Å². The molecule has 0 unspecified atom stereocenters. The van der Waals surface area contributed by atoms with E-state index in [0.29, 0.717) is 37.2 Å². The van der Waals surface area contributed by atoms with Crippen molar-refractivity contribution in [3.63, 3.8) is 0 Å². The third-order valence-corrected chi connectivity index (χ3v) is 9.32. The predicted molar refractivity (Wildman–Crippen MR) is 131 cm³/mol. The van der Waals surface area contributed by atoms with Gasteiger partial charge in [0.1, 0.15) is 11.5 Å². The average molecular weight is 538 g/mol. The number of anilines is 1. The standard InChI is InChI=1S/C23H25BrN2O4S2/c1-29-19-11-16(12-20(14-19)30-2)10-18-15-31-23(25-18)26-8-6-21(7-9-26)32(27,28)22-5-3-4-17(24)13-22/h3-5,11-15,21H,6-10H2,1-2H3. The molecular weight excluding hydrogens is 512 g/mol. The number of benzene rings is 2. The molecule has 0 saturated carbocycles. The van der Waals surface area contributed by atoms with Gasteiger partial charge in [0.15, 0.2) is 15.0 Å². The zero-order valence-electron chi connectivity index (χ0n) is 18.0. The molecule has 1 saturated heterocycles. The van der Waals surface area contributed by atoms with E-state index in [9.17, 15) is 8.42 Å². The fraction of sp³-hybridized carbons (Fsp3) is 0.348. The van der Waals surface area contributed by atoms with Crippen molar-refractivity contribution in [2.75, 3.05) is 32.2 Å². The number of hydrogen-bond donors (Lipinski definition) is 0. The second kappa shape index (κ2) is 9.80. The van der Waals surface area contributed by atoms with Crippen LogP contribution in [0.25, 0.3) is 0 Å². The molecule has 0 bridgehead atoms. The SMILES string of the molecule is COc1cc(Cc2csc(N3CCC(S(=O)(=O)c4cccc(Br)c4)CC3)n2)cc(OC)c1. The number of methoxy groups -OCH3 is 2. The summed E-state index contributed by atoms with van der Waals surface area (Å²) < 4.78 is 37.5. The van der Waals surface area contributed by atoms with E-state index < -0.39 is 9.84 Å². The van der Waals surface area contributed by atoms with Crippen LogP contribution in [0.1, 0.15) is 24.1 Å². The molecule has 2 heterocycles. The second-order valence-corrected chi connectivity index (χ2v) is 11.7. The van der Waals surface area contributed by atoms with Gasteiger partial charge in [-0.1, -0.05) is 22.0 Å². The van der Waals surface area contributed by atoms with Crippen LogP contribution in [0, 0.1) is 0 Å². The van der Waals surface area contributed by atoms with E-state index in [1.54, 1.807) is 43.8 Å². The molecule has 1 fully saturated rings. The number of hydrogen-bond acceptors (Lipinski definition) is 7. The molecule has 32 heavy (non-hydrogen) atoms. The fourth-order valence-electron chi connectivity index (χ4n) is 3.89. The number of ether oxygens (including phenoxy) is 2. The minimum atomic E-state index is -3.34. The monoisotopic (exact) mass is 536 g/mol. The molecule has 0 N–H and O–H groups in total. The number of nitrogens with zero attached hydrogens (tertiary/aromatic N) is 2. The summed E-state index contributed by atoms with van der Waals surface area (Å²) in [6.45, 7) is 1.36. The molecule has 4 rings (SSSR count). The molecule has 1 aliphatic rings. The van der Waals surface area contributed by atoms with Gasteiger partial charge in [-0.2, -0.15) is 0 Å². The van der Waals surface area contributed by atoms with Crippen LogP contribution in [-0.4, -0.2) is 46.0 Å². The van der Waals surface area contributed by atoms with Crippen LogP contribution < -0.4 is 14.4 Å². The maximum absolute atomic E-state index is 13.0. The molecule has 9 heteroatoms. The Bertz CT molecular complexity index is 1170. The fourth-order valence-corrected chi connectivity index (χ4v) is 7.10. The summed E-state index contributed by atoms with van der Waals surface area (Å²) in [4.78, 5) is 7.38. The van der Waals surface area contributed by atoms with Crippen LogP contribution in [-0.2, 0) is 16.3 Å². The van der Waals surface area contributed by atoms with Gasteiger partial charge in [0.25, 0.3) is 0 Å². The van der Waals surface area contributed by atoms with Crippen molar-refractivity contribution in [2.45, 2.75) is 29.4 Å². The van der Waals surface area contributed by atoms with Crippen LogP contribution in [0.3, 0.4) is 0 Å². The first kappa shape index (κ1) is 23.1. The Morgan fingerprint density at radius 3 is 2.41 bits per heavy atom. The lowest BCUT2D eigenvalue weighted by Gasteiger charge is -2.31. The Labute approximate surface area is 201 Å². The molecule has 170 valence electrons. The Morgan fingerprint density at radius 1 is 1.09 bits per heavy atom. The maximum Gasteiger partial charge on any atom is 0.185 e. The van der Waals surface area contributed by atoms with Gasteiger partial charge in [0.05, 0.1) is 30.1 Å². The maximum atomic E-state index is 13.0. The zero-order chi connectivity index (χ0) is 22.7. The molecule has 0 amide bonds. The van der Waals surface area contributed by atoms with Gasteiger partial charge in [-0.25, -0.2) is 13.4 Å². The summed E-state index contributed by atoms with van der Waals surface area (Å²) in [6.07, 6.45) is 1.87. The number of rotatable bonds is 7. The molecule has 3 aromatic rings. The van der Waals surface area contributed by atoms with Crippen molar-refractivity contribution in [3.8, 4) is 11.5 Å². The van der Waals surface area contributed by atoms with Gasteiger partial charge < -0.3 is 14.4 Å². The lowest BCUT2D eigenvalue weighted by molar-refractivity contribution is 0.393. The van der Waals surface area contributed by atoms with E-state index in [-0.39, 0.29) is 5.25 Å². The van der Waals surface area contributed by atoms with E-state index >= 15 is 0 Å². The third-order valence-electron chi connectivity index (χ3n) is 5.61. The first-order chi connectivity index (χ1) is 15.4. The van der Waals surface area contributed by atoms with Crippen LogP contribution in [0.4, 0.5) is 5.13 Å². The largest absolute Gasteiger partial charge is 0.497 e. The van der Waals surface area contributed by atoms with Crippen molar-refractivity contribution in [1.29, 1.82) is 0 Å². The van der Waals surface area contributed by atoms with Crippen molar-refractivity contribution in [3.05, 3.63) is 63.6 Å². The highest BCUT2D eigenvalue weighted by atomic mass is 79.9. The van der Waals surface area contributed by atoms with Gasteiger partial charge in [-0.15, -0.1) is 11.3 Å². The highest BCUT2D eigenvalue weighted by Crippen LogP contribution is 2.31. The Hall–Kier alpha value is -2.10. The van der Waals surface area contributed by atoms with E-state index in [1.165, 1.54) is 0 Å². The van der Waals surface area contributed by atoms with E-state index in [0.717, 1.165) is 32.4 Å². The summed E-state index contributed by atoms with van der Waals surface area (Å²) in [5.74, 6) is 1.51. The van der Waals surface area contributed by atoms with Gasteiger partial charge in [-0.3, -0.25) is 0 Å². The second-order valence-electron chi connectivity index (χ2n) is 7.71. The number of aromatic nitrogens is 1. The quantitative estimate of drug-likeness (QED) is 0.425. The van der Waals surface area contributed by atoms with Crippen LogP contribution >= 0.6 is 27.3 Å². The number of piperidine rings is 1. The predicted octanol–water partition coefficient (Wildman–Crippen LogP) is 4.96. The van der Waals surface area contributed by atoms with Crippen LogP contribution in [0.2, 0.25) is 0 Å². The molecule has 1 aromatic heterocycles. The Balaban J connectivity index is 1.41. The molecule has 1 aliphatic heterocycles. The zero-order valence-corrected chi connectivity index (χ0v) is 21.2. The van der Waals surface area contributed by atoms with Crippen molar-refractivity contribution >= 4 is 42.2 Å². The van der Waals surface area contributed by atoms with Gasteiger partial charge in [0, 0.05) is 35.4 Å². The van der Waals surface area contributed by atoms with E-state index in [2.05, 4.69) is 26.2 Å². The Morgan fingerprint density at radius 2 is 1.78 bits per heavy atom. The summed E-state index contributed by atoms with van der Waals surface area (Å²) in [7, 11) is -0.0586. The van der Waals surface area contributed by atoms with Crippen LogP contribution in [0.15, 0.2) is 57.2 Å². The lowest BCUT2D eigenvalue weighted by Crippen LogP contribution is -2.39. The summed E-state index contributed by atoms with van der Waals surface area (Å²) in [5.41, 5.74) is 2.04. The minimum Gasteiger partial charge on any atom is -0.497 e. The number of halogens is 1. The summed E-state index contributed by atoms with van der Waals surface area (Å²) in [5, 5.41) is 2.64.